The minimum Gasteiger partial charge on any atom is -0.399 e. The van der Waals surface area contributed by atoms with Crippen LogP contribution < -0.4 is 5.73 Å². The number of rotatable bonds is 5. The number of sulfone groups is 1. The van der Waals surface area contributed by atoms with Gasteiger partial charge in [-0.05, 0) is 36.5 Å². The largest absolute Gasteiger partial charge is 0.399 e. The maximum Gasteiger partial charge on any atom is 0.178 e. The molecule has 0 saturated carbocycles. The van der Waals surface area contributed by atoms with Gasteiger partial charge in [0.25, 0.3) is 0 Å². The Hall–Kier alpha value is -1.10. The van der Waals surface area contributed by atoms with E-state index in [-0.39, 0.29) is 22.3 Å². The molecule has 5 heteroatoms. The fraction of sp³-hybridized carbons (Fsp3) is 0.538. The highest BCUT2D eigenvalue weighted by Crippen LogP contribution is 2.21. The number of hydrogen-bond acceptors (Lipinski definition) is 3. The van der Waals surface area contributed by atoms with Crippen molar-refractivity contribution in [3.05, 3.63) is 24.0 Å². The zero-order valence-electron chi connectivity index (χ0n) is 11.0. The van der Waals surface area contributed by atoms with Gasteiger partial charge in [-0.15, -0.1) is 0 Å². The average molecular weight is 273 g/mol. The molecule has 3 nitrogen and oxygen atoms in total. The second kappa shape index (κ2) is 5.69. The molecule has 0 radical (unpaired) electrons. The lowest BCUT2D eigenvalue weighted by molar-refractivity contribution is 0.465. The van der Waals surface area contributed by atoms with Crippen molar-refractivity contribution in [2.24, 2.45) is 11.8 Å². The van der Waals surface area contributed by atoms with Crippen molar-refractivity contribution in [1.82, 2.24) is 0 Å². The lowest BCUT2D eigenvalue weighted by Crippen LogP contribution is -2.16. The summed E-state index contributed by atoms with van der Waals surface area (Å²) in [6.45, 7) is 5.98. The van der Waals surface area contributed by atoms with Crippen molar-refractivity contribution in [1.29, 1.82) is 0 Å². The van der Waals surface area contributed by atoms with Gasteiger partial charge in [-0.1, -0.05) is 20.8 Å². The van der Waals surface area contributed by atoms with Gasteiger partial charge in [0.1, 0.15) is 5.82 Å². The van der Waals surface area contributed by atoms with Gasteiger partial charge in [0, 0.05) is 5.69 Å². The zero-order valence-corrected chi connectivity index (χ0v) is 11.8. The fourth-order valence-corrected chi connectivity index (χ4v) is 3.79. The van der Waals surface area contributed by atoms with E-state index in [1.165, 1.54) is 6.07 Å². The first-order valence-corrected chi connectivity index (χ1v) is 7.64. The summed E-state index contributed by atoms with van der Waals surface area (Å²) in [5.41, 5.74) is 5.59. The maximum absolute atomic E-state index is 13.2. The lowest BCUT2D eigenvalue weighted by atomic mass is 10.0. The average Bonchev–Trinajstić information content (AvgIpc) is 2.13. The Labute approximate surface area is 108 Å². The van der Waals surface area contributed by atoms with Crippen LogP contribution in [0.3, 0.4) is 0 Å². The van der Waals surface area contributed by atoms with Crippen molar-refractivity contribution >= 4 is 15.5 Å². The van der Waals surface area contributed by atoms with Gasteiger partial charge in [-0.3, -0.25) is 0 Å². The summed E-state index contributed by atoms with van der Waals surface area (Å²) in [5.74, 6) is -0.119. The monoisotopic (exact) mass is 273 g/mol. The van der Waals surface area contributed by atoms with Crippen molar-refractivity contribution < 1.29 is 12.8 Å². The second-order valence-electron chi connectivity index (χ2n) is 5.24. The molecular weight excluding hydrogens is 253 g/mol. The van der Waals surface area contributed by atoms with Gasteiger partial charge in [-0.2, -0.15) is 0 Å². The molecule has 1 rings (SSSR count). The molecule has 0 aliphatic heterocycles. The Kier molecular flexibility index (Phi) is 4.73. The standard InChI is InChI=1S/C13H20FNO2S/c1-9(2)4-10(3)8-18(16,17)13-6-11(14)5-12(15)7-13/h5-7,9-10H,4,8,15H2,1-3H3. The van der Waals surface area contributed by atoms with E-state index in [0.717, 1.165) is 18.6 Å². The third kappa shape index (κ3) is 4.29. The highest BCUT2D eigenvalue weighted by atomic mass is 32.2. The number of halogens is 1. The number of nitrogen functional groups attached to an aromatic ring is 1. The predicted molar refractivity (Wildman–Crippen MR) is 71.5 cm³/mol. The first kappa shape index (κ1) is 15.0. The van der Waals surface area contributed by atoms with Crippen molar-refractivity contribution in [2.45, 2.75) is 32.1 Å². The Morgan fingerprint density at radius 1 is 1.22 bits per heavy atom. The number of hydrogen-bond donors (Lipinski definition) is 1. The predicted octanol–water partition coefficient (Wildman–Crippen LogP) is 2.86. The van der Waals surface area contributed by atoms with E-state index in [4.69, 9.17) is 5.73 Å². The lowest BCUT2D eigenvalue weighted by Gasteiger charge is -2.14. The molecule has 0 fully saturated rings. The molecule has 0 aliphatic rings. The fourth-order valence-electron chi connectivity index (χ4n) is 2.11. The van der Waals surface area contributed by atoms with Crippen LogP contribution >= 0.6 is 0 Å². The molecule has 0 aromatic heterocycles. The van der Waals surface area contributed by atoms with E-state index in [0.29, 0.717) is 5.92 Å². The summed E-state index contributed by atoms with van der Waals surface area (Å²) in [6, 6.07) is 3.44. The number of nitrogens with two attached hydrogens (primary N) is 1. The highest BCUT2D eigenvalue weighted by molar-refractivity contribution is 7.91. The Balaban J connectivity index is 2.92. The topological polar surface area (TPSA) is 60.2 Å². The van der Waals surface area contributed by atoms with E-state index >= 15 is 0 Å². The van der Waals surface area contributed by atoms with Crippen LogP contribution in [0.4, 0.5) is 10.1 Å². The molecule has 0 bridgehead atoms. The molecular formula is C13H20FNO2S. The van der Waals surface area contributed by atoms with Crippen LogP contribution in [0.15, 0.2) is 23.1 Å². The summed E-state index contributed by atoms with van der Waals surface area (Å²) in [5, 5.41) is 0. The first-order valence-electron chi connectivity index (χ1n) is 5.99. The molecule has 0 saturated heterocycles. The molecule has 1 aromatic rings. The molecule has 0 spiro atoms. The van der Waals surface area contributed by atoms with Crippen LogP contribution in [-0.4, -0.2) is 14.2 Å². The molecule has 1 atom stereocenters. The third-order valence-electron chi connectivity index (χ3n) is 2.63. The van der Waals surface area contributed by atoms with E-state index in [1.54, 1.807) is 0 Å². The molecule has 1 aromatic carbocycles. The Bertz CT molecular complexity index is 491. The van der Waals surface area contributed by atoms with E-state index < -0.39 is 15.7 Å². The molecule has 18 heavy (non-hydrogen) atoms. The first-order chi connectivity index (χ1) is 8.20. The normalized spacial score (nSPS) is 13.8. The molecule has 0 amide bonds. The summed E-state index contributed by atoms with van der Waals surface area (Å²) >= 11 is 0. The summed E-state index contributed by atoms with van der Waals surface area (Å²) in [4.78, 5) is -0.0318. The SMILES string of the molecule is CC(C)CC(C)CS(=O)(=O)c1cc(N)cc(F)c1. The van der Waals surface area contributed by atoms with Crippen molar-refractivity contribution in [3.63, 3.8) is 0 Å². The van der Waals surface area contributed by atoms with E-state index in [2.05, 4.69) is 0 Å². The summed E-state index contributed by atoms with van der Waals surface area (Å²) in [6.07, 6.45) is 0.823. The number of anilines is 1. The highest BCUT2D eigenvalue weighted by Gasteiger charge is 2.20. The third-order valence-corrected chi connectivity index (χ3v) is 4.59. The van der Waals surface area contributed by atoms with Gasteiger partial charge < -0.3 is 5.73 Å². The van der Waals surface area contributed by atoms with Crippen LogP contribution in [-0.2, 0) is 9.84 Å². The smallest absolute Gasteiger partial charge is 0.178 e. The van der Waals surface area contributed by atoms with Gasteiger partial charge in [0.15, 0.2) is 9.84 Å². The Morgan fingerprint density at radius 2 is 1.83 bits per heavy atom. The van der Waals surface area contributed by atoms with Gasteiger partial charge in [-0.25, -0.2) is 12.8 Å². The minimum atomic E-state index is -3.47. The van der Waals surface area contributed by atoms with Crippen molar-refractivity contribution in [3.8, 4) is 0 Å². The van der Waals surface area contributed by atoms with Gasteiger partial charge >= 0.3 is 0 Å². The quantitative estimate of drug-likeness (QED) is 0.839. The summed E-state index contributed by atoms with van der Waals surface area (Å²) < 4.78 is 37.4. The van der Waals surface area contributed by atoms with E-state index in [9.17, 15) is 12.8 Å². The second-order valence-corrected chi connectivity index (χ2v) is 7.27. The van der Waals surface area contributed by atoms with Crippen LogP contribution in [0.1, 0.15) is 27.2 Å². The Morgan fingerprint density at radius 3 is 2.33 bits per heavy atom. The molecule has 1 unspecified atom stereocenters. The van der Waals surface area contributed by atoms with Crippen LogP contribution in [0.2, 0.25) is 0 Å². The molecule has 0 aliphatic carbocycles. The zero-order chi connectivity index (χ0) is 13.9. The maximum atomic E-state index is 13.2. The molecule has 2 N–H and O–H groups in total. The van der Waals surface area contributed by atoms with E-state index in [1.807, 2.05) is 20.8 Å². The minimum absolute atomic E-state index is 0.0219. The number of benzene rings is 1. The van der Waals surface area contributed by atoms with Crippen LogP contribution in [0, 0.1) is 17.7 Å². The molecule has 0 heterocycles. The van der Waals surface area contributed by atoms with Crippen molar-refractivity contribution in [2.75, 3.05) is 11.5 Å². The van der Waals surface area contributed by atoms with Gasteiger partial charge in [0.05, 0.1) is 10.6 Å². The van der Waals surface area contributed by atoms with Crippen LogP contribution in [0.25, 0.3) is 0 Å². The molecule has 102 valence electrons. The van der Waals surface area contributed by atoms with Gasteiger partial charge in [0.2, 0.25) is 0 Å². The van der Waals surface area contributed by atoms with Crippen LogP contribution in [0.5, 0.6) is 0 Å². The summed E-state index contributed by atoms with van der Waals surface area (Å²) in [7, 11) is -3.47.